The topological polar surface area (TPSA) is 52.6 Å². The van der Waals surface area contributed by atoms with Crippen LogP contribution in [0.1, 0.15) is 39.7 Å². The molecule has 0 amide bonds. The molecule has 4 heterocycles. The summed E-state index contributed by atoms with van der Waals surface area (Å²) in [5, 5.41) is 1.94. The lowest BCUT2D eigenvalue weighted by molar-refractivity contribution is -0.938. The first-order valence-electron chi connectivity index (χ1n) is 11.6. The summed E-state index contributed by atoms with van der Waals surface area (Å²) in [5.74, 6) is 0.531. The zero-order valence-corrected chi connectivity index (χ0v) is 19.1. The third-order valence-corrected chi connectivity index (χ3v) is 8.47. The summed E-state index contributed by atoms with van der Waals surface area (Å²) in [5.41, 5.74) is 4.19. The zero-order valence-electron chi connectivity index (χ0n) is 18.3. The Balaban J connectivity index is 1.16. The van der Waals surface area contributed by atoms with Crippen molar-refractivity contribution in [2.75, 3.05) is 26.2 Å². The fourth-order valence-corrected chi connectivity index (χ4v) is 6.54. The number of carbonyl (C=O) groups excluding carboxylic acids is 2. The first-order chi connectivity index (χ1) is 16.1. The number of hydrogen-bond acceptors (Lipinski definition) is 5. The van der Waals surface area contributed by atoms with Gasteiger partial charge in [-0.15, -0.1) is 11.3 Å². The Hall–Kier alpha value is -2.96. The summed E-state index contributed by atoms with van der Waals surface area (Å²) in [7, 11) is 0. The zero-order chi connectivity index (χ0) is 22.4. The molecule has 1 aromatic heterocycles. The summed E-state index contributed by atoms with van der Waals surface area (Å²) in [6.07, 6.45) is 0.681. The second kappa shape index (κ2) is 8.12. The lowest BCUT2D eigenvalue weighted by Crippen LogP contribution is -2.65. The van der Waals surface area contributed by atoms with E-state index in [2.05, 4.69) is 12.1 Å². The van der Waals surface area contributed by atoms with Gasteiger partial charge in [-0.2, -0.15) is 0 Å². The van der Waals surface area contributed by atoms with Gasteiger partial charge >= 0.3 is 6.16 Å². The van der Waals surface area contributed by atoms with Crippen molar-refractivity contribution >= 4 is 23.3 Å². The van der Waals surface area contributed by atoms with Crippen LogP contribution >= 0.6 is 11.3 Å². The number of Topliss-reactive ketones (excluding diaryl/α,β-unsaturated/α-hetero) is 1. The van der Waals surface area contributed by atoms with E-state index in [1.807, 2.05) is 53.9 Å². The molecule has 0 saturated carbocycles. The Morgan fingerprint density at radius 1 is 0.879 bits per heavy atom. The molecule has 1 aliphatic carbocycles. The fraction of sp³-hybridized carbons (Fsp3) is 0.333. The number of piperidine rings is 3. The largest absolute Gasteiger partial charge is 0.509 e. The third-order valence-electron chi connectivity index (χ3n) is 7.55. The fourth-order valence-electron chi connectivity index (χ4n) is 5.88. The van der Waals surface area contributed by atoms with E-state index in [-0.39, 0.29) is 11.9 Å². The van der Waals surface area contributed by atoms with Crippen LogP contribution in [-0.4, -0.2) is 48.7 Å². The highest BCUT2D eigenvalue weighted by atomic mass is 32.1. The normalized spacial score (nSPS) is 25.3. The minimum absolute atomic E-state index is 0.186. The summed E-state index contributed by atoms with van der Waals surface area (Å²) in [6, 6.07) is 19.9. The first kappa shape index (κ1) is 20.6. The minimum Gasteiger partial charge on any atom is -0.425 e. The number of carbonyl (C=O) groups is 2. The van der Waals surface area contributed by atoms with E-state index in [0.717, 1.165) is 53.1 Å². The van der Waals surface area contributed by atoms with Crippen LogP contribution in [0, 0.1) is 5.92 Å². The van der Waals surface area contributed by atoms with Gasteiger partial charge in [0.25, 0.3) is 0 Å². The van der Waals surface area contributed by atoms with Crippen molar-refractivity contribution in [1.29, 1.82) is 0 Å². The van der Waals surface area contributed by atoms with Crippen molar-refractivity contribution in [2.24, 2.45) is 5.92 Å². The smallest absolute Gasteiger partial charge is 0.425 e. The third kappa shape index (κ3) is 3.67. The van der Waals surface area contributed by atoms with Crippen LogP contribution in [0.3, 0.4) is 0 Å². The van der Waals surface area contributed by atoms with Crippen molar-refractivity contribution < 1.29 is 23.5 Å². The van der Waals surface area contributed by atoms with Crippen molar-refractivity contribution in [3.05, 3.63) is 82.0 Å². The highest BCUT2D eigenvalue weighted by Crippen LogP contribution is 2.45. The van der Waals surface area contributed by atoms with E-state index in [9.17, 15) is 9.59 Å². The molecule has 1 atom stereocenters. The highest BCUT2D eigenvalue weighted by molar-refractivity contribution is 7.12. The van der Waals surface area contributed by atoms with Crippen molar-refractivity contribution in [3.8, 4) is 11.1 Å². The lowest BCUT2D eigenvalue weighted by Gasteiger charge is -2.51. The van der Waals surface area contributed by atoms with Crippen LogP contribution in [0.4, 0.5) is 4.79 Å². The van der Waals surface area contributed by atoms with Crippen LogP contribution in [0.2, 0.25) is 0 Å². The van der Waals surface area contributed by atoms with Gasteiger partial charge in [0.2, 0.25) is 5.78 Å². The molecule has 1 unspecified atom stereocenters. The molecule has 4 aliphatic rings. The van der Waals surface area contributed by atoms with Crippen molar-refractivity contribution in [2.45, 2.75) is 25.0 Å². The molecule has 0 spiro atoms. The van der Waals surface area contributed by atoms with Crippen LogP contribution in [-0.2, 0) is 9.47 Å². The van der Waals surface area contributed by atoms with Crippen molar-refractivity contribution in [1.82, 2.24) is 0 Å². The van der Waals surface area contributed by atoms with Gasteiger partial charge in [0.05, 0.1) is 18.0 Å². The molecule has 0 N–H and O–H groups in total. The van der Waals surface area contributed by atoms with Gasteiger partial charge in [0.1, 0.15) is 13.1 Å². The first-order valence-corrected chi connectivity index (χ1v) is 12.5. The summed E-state index contributed by atoms with van der Waals surface area (Å²) in [6.45, 7) is 3.11. The molecule has 3 aliphatic heterocycles. The SMILES string of the molecule is O=C(OC1c2ccccc2-c2ccccc21)OC1C[N+]2(CC(=O)c3cccs3)CCC1CC2. The Morgan fingerprint density at radius 2 is 1.55 bits per heavy atom. The highest BCUT2D eigenvalue weighted by Gasteiger charge is 2.49. The minimum atomic E-state index is -0.618. The van der Waals surface area contributed by atoms with E-state index in [0.29, 0.717) is 23.5 Å². The molecule has 3 saturated heterocycles. The van der Waals surface area contributed by atoms with E-state index in [1.54, 1.807) is 0 Å². The maximum absolute atomic E-state index is 13.0. The summed E-state index contributed by atoms with van der Waals surface area (Å²) >= 11 is 1.49. The van der Waals surface area contributed by atoms with Crippen molar-refractivity contribution in [3.63, 3.8) is 0 Å². The molecule has 0 radical (unpaired) electrons. The number of quaternary nitrogens is 1. The van der Waals surface area contributed by atoms with Gasteiger partial charge in [-0.05, 0) is 22.6 Å². The molecule has 3 fully saturated rings. The van der Waals surface area contributed by atoms with Crippen LogP contribution in [0.15, 0.2) is 66.0 Å². The molecule has 5 nitrogen and oxygen atoms in total. The van der Waals surface area contributed by atoms with Gasteiger partial charge in [-0.25, -0.2) is 4.79 Å². The summed E-state index contributed by atoms with van der Waals surface area (Å²) in [4.78, 5) is 26.6. The number of thiophene rings is 1. The van der Waals surface area contributed by atoms with E-state index in [4.69, 9.17) is 9.47 Å². The maximum atomic E-state index is 13.0. The predicted molar refractivity (Wildman–Crippen MR) is 126 cm³/mol. The number of hydrogen-bond donors (Lipinski definition) is 0. The Labute approximate surface area is 197 Å². The number of rotatable bonds is 5. The molecule has 6 heteroatoms. The predicted octanol–water partition coefficient (Wildman–Crippen LogP) is 5.46. The quantitative estimate of drug-likeness (QED) is 0.288. The number of benzene rings is 2. The second-order valence-electron chi connectivity index (χ2n) is 9.45. The average Bonchev–Trinajstić information content (AvgIpc) is 3.48. The maximum Gasteiger partial charge on any atom is 0.509 e. The van der Waals surface area contributed by atoms with Gasteiger partial charge in [-0.1, -0.05) is 54.6 Å². The van der Waals surface area contributed by atoms with E-state index in [1.165, 1.54) is 11.3 Å². The molecule has 168 valence electrons. The molecule has 33 heavy (non-hydrogen) atoms. The number of ether oxygens (including phenoxy) is 2. The van der Waals surface area contributed by atoms with Gasteiger partial charge in [-0.3, -0.25) is 4.79 Å². The van der Waals surface area contributed by atoms with Gasteiger partial charge < -0.3 is 14.0 Å². The average molecular weight is 461 g/mol. The van der Waals surface area contributed by atoms with Gasteiger partial charge in [0, 0.05) is 29.9 Å². The Bertz CT molecular complexity index is 1150. The monoisotopic (exact) mass is 460 g/mol. The standard InChI is InChI=1S/C27H26NO4S/c29-23(25-10-5-15-33-25)16-28-13-11-18(12-14-28)24(17-28)31-27(30)32-26-21-8-3-1-6-19(21)20-7-2-4-9-22(20)26/h1-10,15,18,24,26H,11-14,16-17H2/q+1. The van der Waals surface area contributed by atoms with Crippen LogP contribution < -0.4 is 0 Å². The molecular weight excluding hydrogens is 434 g/mol. The second-order valence-corrected chi connectivity index (χ2v) is 10.4. The number of fused-ring (bicyclic) bond motifs is 6. The number of ketones is 1. The molecule has 2 aromatic carbocycles. The van der Waals surface area contributed by atoms with E-state index >= 15 is 0 Å². The summed E-state index contributed by atoms with van der Waals surface area (Å²) < 4.78 is 12.6. The molecule has 2 bridgehead atoms. The molecular formula is C27H26NO4S+. The molecule has 3 aromatic rings. The number of nitrogens with zero attached hydrogens (tertiary/aromatic N) is 1. The lowest BCUT2D eigenvalue weighted by atomic mass is 9.83. The van der Waals surface area contributed by atoms with Gasteiger partial charge in [0.15, 0.2) is 12.2 Å². The Kier molecular flexibility index (Phi) is 5.07. The van der Waals surface area contributed by atoms with Crippen LogP contribution in [0.5, 0.6) is 0 Å². The molecule has 7 rings (SSSR count). The Morgan fingerprint density at radius 3 is 2.18 bits per heavy atom. The van der Waals surface area contributed by atoms with Crippen LogP contribution in [0.25, 0.3) is 11.1 Å². The van der Waals surface area contributed by atoms with E-state index < -0.39 is 12.3 Å².